The van der Waals surface area contributed by atoms with Crippen LogP contribution in [0.3, 0.4) is 0 Å². The Morgan fingerprint density at radius 1 is 1.20 bits per heavy atom. The number of rotatable bonds is 4. The van der Waals surface area contributed by atoms with Crippen molar-refractivity contribution in [3.8, 4) is 0 Å². The number of carbonyl (C=O) groups is 2. The molecule has 1 heterocycles. The second-order valence-electron chi connectivity index (χ2n) is 7.46. The number of ether oxygens (including phenoxy) is 1. The highest BCUT2D eigenvalue weighted by molar-refractivity contribution is 6.30. The molecule has 1 aliphatic carbocycles. The highest BCUT2D eigenvalue weighted by Crippen LogP contribution is 2.42. The van der Waals surface area contributed by atoms with Crippen LogP contribution in [0.25, 0.3) is 0 Å². The summed E-state index contributed by atoms with van der Waals surface area (Å²) in [5.74, 6) is 0.165. The van der Waals surface area contributed by atoms with Crippen molar-refractivity contribution in [3.63, 3.8) is 0 Å². The Bertz CT molecular complexity index is 622. The van der Waals surface area contributed by atoms with Crippen LogP contribution in [0.4, 0.5) is 0 Å². The van der Waals surface area contributed by atoms with Gasteiger partial charge < -0.3 is 9.64 Å². The molecule has 1 aromatic carbocycles. The lowest BCUT2D eigenvalue weighted by Crippen LogP contribution is -2.43. The van der Waals surface area contributed by atoms with E-state index < -0.39 is 5.41 Å². The molecule has 0 aromatic heterocycles. The van der Waals surface area contributed by atoms with E-state index in [1.807, 2.05) is 29.2 Å². The van der Waals surface area contributed by atoms with Gasteiger partial charge in [0, 0.05) is 18.1 Å². The maximum absolute atomic E-state index is 12.9. The van der Waals surface area contributed by atoms with Crippen molar-refractivity contribution < 1.29 is 14.3 Å². The lowest BCUT2D eigenvalue weighted by molar-refractivity contribution is -0.157. The Labute approximate surface area is 154 Å². The summed E-state index contributed by atoms with van der Waals surface area (Å²) in [5.41, 5.74) is 0.318. The van der Waals surface area contributed by atoms with Gasteiger partial charge in [0.25, 0.3) is 5.91 Å². The Morgan fingerprint density at radius 2 is 1.88 bits per heavy atom. The van der Waals surface area contributed by atoms with Crippen molar-refractivity contribution >= 4 is 23.5 Å². The molecule has 1 unspecified atom stereocenters. The Kier molecular flexibility index (Phi) is 5.67. The monoisotopic (exact) mass is 363 g/mol. The minimum absolute atomic E-state index is 0.0795. The minimum Gasteiger partial charge on any atom is -0.455 e. The summed E-state index contributed by atoms with van der Waals surface area (Å²) in [6.45, 7) is 3.53. The smallest absolute Gasteiger partial charge is 0.317 e. The normalized spacial score (nSPS) is 22.6. The van der Waals surface area contributed by atoms with Gasteiger partial charge in [-0.1, -0.05) is 43.5 Å². The third-order valence-electron chi connectivity index (χ3n) is 5.58. The third kappa shape index (κ3) is 4.00. The number of likely N-dealkylation sites (tertiary alicyclic amines) is 1. The summed E-state index contributed by atoms with van der Waals surface area (Å²) >= 11 is 5.98. The maximum atomic E-state index is 12.9. The van der Waals surface area contributed by atoms with Gasteiger partial charge in [-0.05, 0) is 49.3 Å². The van der Waals surface area contributed by atoms with Crippen molar-refractivity contribution in [2.45, 2.75) is 50.9 Å². The largest absolute Gasteiger partial charge is 0.455 e. The van der Waals surface area contributed by atoms with Crippen LogP contribution in [0.15, 0.2) is 24.3 Å². The van der Waals surface area contributed by atoms with Crippen molar-refractivity contribution in [1.29, 1.82) is 0 Å². The molecule has 1 aromatic rings. The molecule has 3 rings (SSSR count). The molecular weight excluding hydrogens is 338 g/mol. The fraction of sp³-hybridized carbons (Fsp3) is 0.600. The number of carbonyl (C=O) groups excluding carboxylic acids is 2. The van der Waals surface area contributed by atoms with Crippen LogP contribution >= 0.6 is 11.6 Å². The predicted octanol–water partition coefficient (Wildman–Crippen LogP) is 3.95. The lowest BCUT2D eigenvalue weighted by Gasteiger charge is -2.31. The van der Waals surface area contributed by atoms with E-state index in [9.17, 15) is 9.59 Å². The van der Waals surface area contributed by atoms with Crippen molar-refractivity contribution in [2.24, 2.45) is 5.92 Å². The molecule has 1 amide bonds. The highest BCUT2D eigenvalue weighted by Gasteiger charge is 2.44. The van der Waals surface area contributed by atoms with E-state index in [0.29, 0.717) is 10.9 Å². The number of hydrogen-bond donors (Lipinski definition) is 0. The second-order valence-corrected chi connectivity index (χ2v) is 7.90. The Hall–Kier alpha value is -1.55. The molecule has 1 aliphatic heterocycles. The van der Waals surface area contributed by atoms with Gasteiger partial charge in [-0.25, -0.2) is 0 Å². The SMILES string of the molecule is CC1CCCN(C(=O)COC(=O)C2(c3ccc(Cl)cc3)CCCC2)C1. The number of hydrogen-bond acceptors (Lipinski definition) is 3. The highest BCUT2D eigenvalue weighted by atomic mass is 35.5. The molecule has 0 bridgehead atoms. The van der Waals surface area contributed by atoms with E-state index >= 15 is 0 Å². The molecule has 2 fully saturated rings. The molecule has 1 atom stereocenters. The van der Waals surface area contributed by atoms with E-state index in [1.54, 1.807) is 0 Å². The second kappa shape index (κ2) is 7.77. The summed E-state index contributed by atoms with van der Waals surface area (Å²) < 4.78 is 5.50. The number of piperidine rings is 1. The number of esters is 1. The van der Waals surface area contributed by atoms with Crippen LogP contribution in [0, 0.1) is 5.92 Å². The average Bonchev–Trinajstić information content (AvgIpc) is 3.11. The summed E-state index contributed by atoms with van der Waals surface area (Å²) in [4.78, 5) is 27.1. The van der Waals surface area contributed by atoms with Gasteiger partial charge in [-0.15, -0.1) is 0 Å². The summed E-state index contributed by atoms with van der Waals surface area (Å²) in [6, 6.07) is 7.43. The van der Waals surface area contributed by atoms with Crippen molar-refractivity contribution in [3.05, 3.63) is 34.9 Å². The molecule has 1 saturated heterocycles. The van der Waals surface area contributed by atoms with Crippen LogP contribution < -0.4 is 0 Å². The first-order valence-electron chi connectivity index (χ1n) is 9.22. The molecule has 25 heavy (non-hydrogen) atoms. The van der Waals surface area contributed by atoms with Gasteiger partial charge >= 0.3 is 5.97 Å². The van der Waals surface area contributed by atoms with Gasteiger partial charge in [-0.2, -0.15) is 0 Å². The van der Waals surface area contributed by atoms with E-state index in [1.165, 1.54) is 0 Å². The molecule has 0 N–H and O–H groups in total. The van der Waals surface area contributed by atoms with Crippen LogP contribution in [0.2, 0.25) is 5.02 Å². The number of nitrogens with zero attached hydrogens (tertiary/aromatic N) is 1. The first kappa shape index (κ1) is 18.2. The molecule has 1 saturated carbocycles. The van der Waals surface area contributed by atoms with Gasteiger partial charge in [-0.3, -0.25) is 9.59 Å². The zero-order valence-electron chi connectivity index (χ0n) is 14.8. The van der Waals surface area contributed by atoms with Gasteiger partial charge in [0.2, 0.25) is 0 Å². The maximum Gasteiger partial charge on any atom is 0.317 e. The Balaban J connectivity index is 1.65. The van der Waals surface area contributed by atoms with Gasteiger partial charge in [0.15, 0.2) is 6.61 Å². The molecule has 0 radical (unpaired) electrons. The number of halogens is 1. The molecule has 0 spiro atoms. The molecule has 136 valence electrons. The first-order valence-corrected chi connectivity index (χ1v) is 9.60. The quantitative estimate of drug-likeness (QED) is 0.761. The lowest BCUT2D eigenvalue weighted by atomic mass is 9.79. The van der Waals surface area contributed by atoms with E-state index in [0.717, 1.165) is 57.2 Å². The Morgan fingerprint density at radius 3 is 2.52 bits per heavy atom. The fourth-order valence-corrected chi connectivity index (χ4v) is 4.26. The van der Waals surface area contributed by atoms with Crippen LogP contribution in [0.5, 0.6) is 0 Å². The minimum atomic E-state index is -0.625. The predicted molar refractivity (Wildman–Crippen MR) is 97.5 cm³/mol. The zero-order chi connectivity index (χ0) is 17.9. The summed E-state index contributed by atoms with van der Waals surface area (Å²) in [5, 5.41) is 0.652. The van der Waals surface area contributed by atoms with Crippen LogP contribution in [-0.2, 0) is 19.7 Å². The molecule has 4 nitrogen and oxygen atoms in total. The van der Waals surface area contributed by atoms with Gasteiger partial charge in [0.05, 0.1) is 5.41 Å². The standard InChI is InChI=1S/C20H26ClNO3/c1-15-5-4-12-22(13-15)18(23)14-25-19(24)20(10-2-3-11-20)16-6-8-17(21)9-7-16/h6-9,15H,2-5,10-14H2,1H3. The number of amides is 1. The molecule has 2 aliphatic rings. The van der Waals surface area contributed by atoms with Crippen LogP contribution in [-0.4, -0.2) is 36.5 Å². The third-order valence-corrected chi connectivity index (χ3v) is 5.83. The summed E-state index contributed by atoms with van der Waals surface area (Å²) in [7, 11) is 0. The van der Waals surface area contributed by atoms with E-state index in [-0.39, 0.29) is 18.5 Å². The number of benzene rings is 1. The average molecular weight is 364 g/mol. The van der Waals surface area contributed by atoms with E-state index in [4.69, 9.17) is 16.3 Å². The zero-order valence-corrected chi connectivity index (χ0v) is 15.6. The van der Waals surface area contributed by atoms with Gasteiger partial charge in [0.1, 0.15) is 0 Å². The first-order chi connectivity index (χ1) is 12.0. The van der Waals surface area contributed by atoms with E-state index in [2.05, 4.69) is 6.92 Å². The molecular formula is C20H26ClNO3. The topological polar surface area (TPSA) is 46.6 Å². The van der Waals surface area contributed by atoms with Crippen molar-refractivity contribution in [2.75, 3.05) is 19.7 Å². The van der Waals surface area contributed by atoms with Crippen molar-refractivity contribution in [1.82, 2.24) is 4.90 Å². The fourth-order valence-electron chi connectivity index (χ4n) is 4.13. The molecule has 5 heteroatoms. The van der Waals surface area contributed by atoms with Crippen LogP contribution in [0.1, 0.15) is 51.0 Å². The summed E-state index contributed by atoms with van der Waals surface area (Å²) in [6.07, 6.45) is 5.70.